The fourth-order valence-corrected chi connectivity index (χ4v) is 4.04. The predicted molar refractivity (Wildman–Crippen MR) is 112 cm³/mol. The molecule has 154 valence electrons. The molecule has 1 unspecified atom stereocenters. The second kappa shape index (κ2) is 8.16. The first-order valence-corrected chi connectivity index (χ1v) is 10.4. The fraction of sp³-hybridized carbons (Fsp3) is 0.227. The number of nitrogens with zero attached hydrogens (tertiary/aromatic N) is 2. The molecule has 3 aromatic rings. The van der Waals surface area contributed by atoms with Crippen molar-refractivity contribution in [2.24, 2.45) is 0 Å². The van der Waals surface area contributed by atoms with Gasteiger partial charge in [-0.3, -0.25) is 14.5 Å². The highest BCUT2D eigenvalue weighted by atomic mass is 32.1. The highest BCUT2D eigenvalue weighted by Crippen LogP contribution is 2.42. The van der Waals surface area contributed by atoms with E-state index >= 15 is 0 Å². The summed E-state index contributed by atoms with van der Waals surface area (Å²) in [5, 5.41) is 16.4. The van der Waals surface area contributed by atoms with Gasteiger partial charge in [-0.05, 0) is 42.5 Å². The number of aliphatic hydroxyl groups excluding tert-OH is 1. The van der Waals surface area contributed by atoms with Crippen LogP contribution in [0.2, 0.25) is 0 Å². The number of amides is 1. The second-order valence-electron chi connectivity index (χ2n) is 6.86. The van der Waals surface area contributed by atoms with Crippen molar-refractivity contribution < 1.29 is 24.0 Å². The molecule has 8 heteroatoms. The summed E-state index contributed by atoms with van der Waals surface area (Å²) in [5.74, 6) is -0.237. The lowest BCUT2D eigenvalue weighted by Crippen LogP contribution is -2.31. The Bertz CT molecular complexity index is 1100. The maximum absolute atomic E-state index is 13.2. The van der Waals surface area contributed by atoms with Crippen molar-refractivity contribution >= 4 is 28.8 Å². The number of hydrogen-bond acceptors (Lipinski definition) is 7. The van der Waals surface area contributed by atoms with E-state index in [1.165, 1.54) is 16.2 Å². The molecule has 0 saturated heterocycles. The number of hydrogen-bond donors (Lipinski definition) is 1. The summed E-state index contributed by atoms with van der Waals surface area (Å²) < 4.78 is 10.8. The van der Waals surface area contributed by atoms with Gasteiger partial charge in [0.1, 0.15) is 11.5 Å². The number of aryl methyl sites for hydroxylation is 1. The number of thiophene rings is 1. The third kappa shape index (κ3) is 3.50. The molecule has 1 atom stereocenters. The maximum Gasteiger partial charge on any atom is 0.295 e. The van der Waals surface area contributed by atoms with Gasteiger partial charge in [0, 0.05) is 6.07 Å². The van der Waals surface area contributed by atoms with Crippen LogP contribution >= 0.6 is 11.3 Å². The van der Waals surface area contributed by atoms with Crippen LogP contribution in [0.15, 0.2) is 63.7 Å². The van der Waals surface area contributed by atoms with Gasteiger partial charge in [0.2, 0.25) is 5.78 Å². The van der Waals surface area contributed by atoms with Gasteiger partial charge in [0.05, 0.1) is 23.1 Å². The normalized spacial score (nSPS) is 16.4. The topological polar surface area (TPSA) is 92.9 Å². The zero-order chi connectivity index (χ0) is 21.3. The van der Waals surface area contributed by atoms with Crippen molar-refractivity contribution in [1.82, 2.24) is 5.16 Å². The van der Waals surface area contributed by atoms with E-state index in [1.807, 2.05) is 6.92 Å². The lowest BCUT2D eigenvalue weighted by atomic mass is 9.95. The van der Waals surface area contributed by atoms with E-state index in [4.69, 9.17) is 9.26 Å². The molecule has 0 aliphatic carbocycles. The number of carbonyl (C=O) groups excluding carboxylic acids is 2. The van der Waals surface area contributed by atoms with E-state index in [9.17, 15) is 14.7 Å². The Morgan fingerprint density at radius 3 is 2.67 bits per heavy atom. The summed E-state index contributed by atoms with van der Waals surface area (Å²) in [6.07, 6.45) is 0.883. The lowest BCUT2D eigenvalue weighted by molar-refractivity contribution is -0.117. The van der Waals surface area contributed by atoms with Gasteiger partial charge >= 0.3 is 0 Å². The van der Waals surface area contributed by atoms with E-state index in [0.29, 0.717) is 28.6 Å². The molecular formula is C22H20N2O5S. The molecule has 1 aliphatic heterocycles. The minimum atomic E-state index is -0.836. The van der Waals surface area contributed by atoms with Gasteiger partial charge in [0.25, 0.3) is 5.91 Å². The van der Waals surface area contributed by atoms with Crippen molar-refractivity contribution in [3.05, 3.63) is 75.4 Å². The first-order chi connectivity index (χ1) is 14.5. The van der Waals surface area contributed by atoms with Crippen molar-refractivity contribution in [3.8, 4) is 5.75 Å². The fourth-order valence-electron chi connectivity index (χ4n) is 3.36. The minimum Gasteiger partial charge on any atom is -0.503 e. The Balaban J connectivity index is 1.79. The molecule has 3 heterocycles. The molecule has 1 amide bonds. The Hall–Kier alpha value is -3.39. The quantitative estimate of drug-likeness (QED) is 0.557. The molecule has 30 heavy (non-hydrogen) atoms. The highest BCUT2D eigenvalue weighted by Gasteiger charge is 2.46. The molecule has 1 aliphatic rings. The van der Waals surface area contributed by atoms with Gasteiger partial charge in [-0.2, -0.15) is 0 Å². The van der Waals surface area contributed by atoms with E-state index in [2.05, 4.69) is 5.16 Å². The molecule has 1 aromatic carbocycles. The van der Waals surface area contributed by atoms with Crippen molar-refractivity contribution in [3.63, 3.8) is 0 Å². The number of ether oxygens (including phenoxy) is 1. The Kier molecular flexibility index (Phi) is 5.41. The molecule has 1 N–H and O–H groups in total. The van der Waals surface area contributed by atoms with Gasteiger partial charge in [-0.1, -0.05) is 30.3 Å². The monoisotopic (exact) mass is 424 g/mol. The van der Waals surface area contributed by atoms with Gasteiger partial charge in [-0.25, -0.2) is 0 Å². The van der Waals surface area contributed by atoms with Crippen LogP contribution in [0.1, 0.15) is 40.4 Å². The minimum absolute atomic E-state index is 0.0188. The summed E-state index contributed by atoms with van der Waals surface area (Å²) in [6, 6.07) is 11.3. The third-order valence-corrected chi connectivity index (χ3v) is 5.60. The highest BCUT2D eigenvalue weighted by molar-refractivity contribution is 7.12. The predicted octanol–water partition coefficient (Wildman–Crippen LogP) is 4.62. The molecule has 0 spiro atoms. The van der Waals surface area contributed by atoms with Crippen LogP contribution in [-0.4, -0.2) is 28.6 Å². The number of carbonyl (C=O) groups is 2. The van der Waals surface area contributed by atoms with Crippen molar-refractivity contribution in [2.45, 2.75) is 26.3 Å². The van der Waals surface area contributed by atoms with Gasteiger partial charge in [0.15, 0.2) is 11.6 Å². The Morgan fingerprint density at radius 2 is 2.07 bits per heavy atom. The average Bonchev–Trinajstić information content (AvgIpc) is 3.48. The number of benzene rings is 1. The Labute approximate surface area is 177 Å². The zero-order valence-electron chi connectivity index (χ0n) is 16.5. The van der Waals surface area contributed by atoms with E-state index in [0.717, 1.165) is 6.42 Å². The maximum atomic E-state index is 13.2. The molecular weight excluding hydrogens is 404 g/mol. The number of anilines is 1. The van der Waals surface area contributed by atoms with Crippen LogP contribution in [0.4, 0.5) is 5.82 Å². The molecule has 0 saturated carbocycles. The third-order valence-electron chi connectivity index (χ3n) is 4.73. The molecule has 0 fully saturated rings. The van der Waals surface area contributed by atoms with E-state index in [1.54, 1.807) is 54.8 Å². The molecule has 0 bridgehead atoms. The Morgan fingerprint density at radius 1 is 1.30 bits per heavy atom. The SMILES string of the molecule is CCCOc1ccc(C2C(C(=O)c3cccs3)=C(O)C(=O)N2c2cc(C)on2)cc1. The second-order valence-corrected chi connectivity index (χ2v) is 7.81. The number of aromatic nitrogens is 1. The summed E-state index contributed by atoms with van der Waals surface area (Å²) in [5.41, 5.74) is 0.669. The standard InChI is InChI=1S/C22H20N2O5S/c1-3-10-28-15-8-6-14(7-9-15)19-18(20(25)16-5-4-11-30-16)21(26)22(27)24(19)17-12-13(2)29-23-17/h4-9,11-12,19,26H,3,10H2,1-2H3. The number of aliphatic hydroxyl groups is 1. The summed E-state index contributed by atoms with van der Waals surface area (Å²) in [7, 11) is 0. The number of rotatable bonds is 7. The number of ketones is 1. The van der Waals surface area contributed by atoms with Crippen LogP contribution in [0.25, 0.3) is 0 Å². The molecule has 7 nitrogen and oxygen atoms in total. The average molecular weight is 424 g/mol. The summed E-state index contributed by atoms with van der Waals surface area (Å²) >= 11 is 1.25. The van der Waals surface area contributed by atoms with Gasteiger partial charge in [-0.15, -0.1) is 11.3 Å². The smallest absolute Gasteiger partial charge is 0.295 e. The number of Topliss-reactive ketones (excluding diaryl/α,β-unsaturated/α-hetero) is 1. The van der Waals surface area contributed by atoms with Crippen LogP contribution in [-0.2, 0) is 4.79 Å². The van der Waals surface area contributed by atoms with Crippen LogP contribution in [0.3, 0.4) is 0 Å². The molecule has 0 radical (unpaired) electrons. The first-order valence-electron chi connectivity index (χ1n) is 9.52. The van der Waals surface area contributed by atoms with Gasteiger partial charge < -0.3 is 14.4 Å². The van der Waals surface area contributed by atoms with Crippen LogP contribution < -0.4 is 9.64 Å². The largest absolute Gasteiger partial charge is 0.503 e. The van der Waals surface area contributed by atoms with Crippen molar-refractivity contribution in [1.29, 1.82) is 0 Å². The van der Waals surface area contributed by atoms with Crippen molar-refractivity contribution in [2.75, 3.05) is 11.5 Å². The molecule has 2 aromatic heterocycles. The van der Waals surface area contributed by atoms with E-state index in [-0.39, 0.29) is 11.4 Å². The zero-order valence-corrected chi connectivity index (χ0v) is 17.3. The lowest BCUT2D eigenvalue weighted by Gasteiger charge is -2.24. The summed E-state index contributed by atoms with van der Waals surface area (Å²) in [6.45, 7) is 4.32. The van der Waals surface area contributed by atoms with Crippen LogP contribution in [0.5, 0.6) is 5.75 Å². The first kappa shape index (κ1) is 19.9. The van der Waals surface area contributed by atoms with Crippen LogP contribution in [0, 0.1) is 6.92 Å². The molecule has 4 rings (SSSR count). The summed E-state index contributed by atoms with van der Waals surface area (Å²) in [4.78, 5) is 27.9. The van der Waals surface area contributed by atoms with E-state index < -0.39 is 23.5 Å².